The molecule has 0 aliphatic carbocycles. The minimum Gasteiger partial charge on any atom is -0.333 e. The van der Waals surface area contributed by atoms with Crippen LogP contribution < -0.4 is 0 Å². The van der Waals surface area contributed by atoms with Crippen molar-refractivity contribution in [2.45, 2.75) is 0 Å². The Balaban J connectivity index is 1.46. The highest BCUT2D eigenvalue weighted by atomic mass is 16.5. The summed E-state index contributed by atoms with van der Waals surface area (Å²) in [6, 6.07) is 25.7. The lowest BCUT2D eigenvalue weighted by Crippen LogP contribution is -1.93. The van der Waals surface area contributed by atoms with E-state index in [0.29, 0.717) is 11.7 Å². The number of nitrogens with zero attached hydrogens (tertiary/aromatic N) is 7. The second-order valence-electron chi connectivity index (χ2n) is 7.38. The molecule has 32 heavy (non-hydrogen) atoms. The number of aromatic nitrogens is 7. The van der Waals surface area contributed by atoms with Gasteiger partial charge in [0.2, 0.25) is 5.82 Å². The van der Waals surface area contributed by atoms with Gasteiger partial charge in [-0.3, -0.25) is 0 Å². The van der Waals surface area contributed by atoms with Gasteiger partial charge in [-0.05, 0) is 30.3 Å². The highest BCUT2D eigenvalue weighted by Crippen LogP contribution is 2.32. The van der Waals surface area contributed by atoms with Crippen molar-refractivity contribution < 1.29 is 4.52 Å². The fourth-order valence-corrected chi connectivity index (χ4v) is 3.68. The molecule has 0 fully saturated rings. The smallest absolute Gasteiger partial charge is 0.262 e. The summed E-state index contributed by atoms with van der Waals surface area (Å²) in [7, 11) is 1.86. The first-order valence-corrected chi connectivity index (χ1v) is 10.1. The molecule has 0 aliphatic heterocycles. The fourth-order valence-electron chi connectivity index (χ4n) is 3.68. The third-order valence-corrected chi connectivity index (χ3v) is 5.31. The molecule has 0 saturated heterocycles. The van der Waals surface area contributed by atoms with Crippen LogP contribution in [-0.4, -0.2) is 34.9 Å². The molecule has 3 heterocycles. The summed E-state index contributed by atoms with van der Waals surface area (Å²) >= 11 is 0. The van der Waals surface area contributed by atoms with Crippen molar-refractivity contribution in [2.24, 2.45) is 7.05 Å². The van der Waals surface area contributed by atoms with Crippen LogP contribution in [0.2, 0.25) is 0 Å². The van der Waals surface area contributed by atoms with Gasteiger partial charge in [-0.2, -0.15) is 10.1 Å². The maximum absolute atomic E-state index is 5.68. The van der Waals surface area contributed by atoms with Crippen LogP contribution in [0.15, 0.2) is 89.6 Å². The van der Waals surface area contributed by atoms with E-state index in [0.717, 1.165) is 39.1 Å². The average molecular weight is 419 g/mol. The highest BCUT2D eigenvalue weighted by Gasteiger charge is 2.20. The molecular formula is C24H17N7O. The molecule has 0 saturated carbocycles. The number of fused-ring (bicyclic) bond motifs is 1. The quantitative estimate of drug-likeness (QED) is 0.417. The van der Waals surface area contributed by atoms with Crippen molar-refractivity contribution in [3.05, 3.63) is 85.1 Å². The van der Waals surface area contributed by atoms with E-state index < -0.39 is 0 Å². The Labute approximate surface area is 182 Å². The monoisotopic (exact) mass is 419 g/mol. The molecule has 8 nitrogen and oxygen atoms in total. The van der Waals surface area contributed by atoms with Crippen molar-refractivity contribution >= 4 is 11.0 Å². The summed E-state index contributed by atoms with van der Waals surface area (Å²) in [5.74, 6) is 0.888. The Bertz CT molecular complexity index is 1530. The lowest BCUT2D eigenvalue weighted by molar-refractivity contribution is 0.432. The van der Waals surface area contributed by atoms with Gasteiger partial charge in [0.25, 0.3) is 5.89 Å². The largest absolute Gasteiger partial charge is 0.333 e. The summed E-state index contributed by atoms with van der Waals surface area (Å²) in [5.41, 5.74) is 5.98. The predicted molar refractivity (Wildman–Crippen MR) is 120 cm³/mol. The van der Waals surface area contributed by atoms with E-state index in [1.807, 2.05) is 96.8 Å². The van der Waals surface area contributed by atoms with Gasteiger partial charge in [0, 0.05) is 24.4 Å². The van der Waals surface area contributed by atoms with Crippen molar-refractivity contribution in [3.8, 4) is 39.8 Å². The van der Waals surface area contributed by atoms with Gasteiger partial charge in [0.15, 0.2) is 0 Å². The average Bonchev–Trinajstić information content (AvgIpc) is 3.59. The van der Waals surface area contributed by atoms with E-state index >= 15 is 0 Å². The fraction of sp³-hybridized carbons (Fsp3) is 0.0417. The van der Waals surface area contributed by atoms with Crippen molar-refractivity contribution in [1.29, 1.82) is 0 Å². The summed E-state index contributed by atoms with van der Waals surface area (Å²) in [6.07, 6.45) is 1.92. The second kappa shape index (κ2) is 7.28. The van der Waals surface area contributed by atoms with Crippen LogP contribution in [0.4, 0.5) is 0 Å². The zero-order valence-corrected chi connectivity index (χ0v) is 17.1. The van der Waals surface area contributed by atoms with Crippen molar-refractivity contribution in [2.75, 3.05) is 0 Å². The molecule has 154 valence electrons. The topological polar surface area (TPSA) is 87.5 Å². The third-order valence-electron chi connectivity index (χ3n) is 5.31. The second-order valence-corrected chi connectivity index (χ2v) is 7.38. The lowest BCUT2D eigenvalue weighted by atomic mass is 10.1. The molecule has 0 aliphatic rings. The van der Waals surface area contributed by atoms with Crippen LogP contribution in [0.1, 0.15) is 0 Å². The highest BCUT2D eigenvalue weighted by molar-refractivity contribution is 5.81. The molecule has 6 aromatic rings. The van der Waals surface area contributed by atoms with Crippen molar-refractivity contribution in [1.82, 2.24) is 34.9 Å². The Kier molecular flexibility index (Phi) is 4.14. The summed E-state index contributed by atoms with van der Waals surface area (Å²) in [4.78, 5) is 4.67. The van der Waals surface area contributed by atoms with E-state index in [1.54, 1.807) is 4.68 Å². The molecule has 0 N–H and O–H groups in total. The lowest BCUT2D eigenvalue weighted by Gasteiger charge is -2.00. The number of para-hydroxylation sites is 1. The molecule has 3 aromatic carbocycles. The standard InChI is InChI=1S/C24H17N7O/c1-30-21-13-12-17(14-20(21)26-29-30)23-25-24(32-28-23)19-15-31(18-10-6-3-7-11-18)27-22(19)16-8-4-2-5-9-16/h2-15H,1H3. The molecule has 0 unspecified atom stereocenters. The molecule has 0 spiro atoms. The maximum atomic E-state index is 5.68. The van der Waals surface area contributed by atoms with Crippen molar-refractivity contribution in [3.63, 3.8) is 0 Å². The van der Waals surface area contributed by atoms with Crippen LogP contribution >= 0.6 is 0 Å². The van der Waals surface area contributed by atoms with E-state index in [2.05, 4.69) is 20.5 Å². The van der Waals surface area contributed by atoms with Crippen LogP contribution in [-0.2, 0) is 7.05 Å². The van der Waals surface area contributed by atoms with Crippen LogP contribution in [0, 0.1) is 0 Å². The predicted octanol–water partition coefficient (Wildman–Crippen LogP) is 4.54. The molecule has 8 heteroatoms. The first-order valence-electron chi connectivity index (χ1n) is 10.1. The first-order chi connectivity index (χ1) is 15.8. The zero-order chi connectivity index (χ0) is 21.5. The zero-order valence-electron chi connectivity index (χ0n) is 17.1. The number of hydrogen-bond donors (Lipinski definition) is 0. The minimum atomic E-state index is 0.403. The first kappa shape index (κ1) is 18.2. The van der Waals surface area contributed by atoms with Gasteiger partial charge in [0.1, 0.15) is 11.2 Å². The molecule has 3 aromatic heterocycles. The Morgan fingerprint density at radius 2 is 1.62 bits per heavy atom. The molecule has 0 bridgehead atoms. The summed E-state index contributed by atoms with van der Waals surface area (Å²) in [5, 5.41) is 17.3. The summed E-state index contributed by atoms with van der Waals surface area (Å²) < 4.78 is 9.23. The Morgan fingerprint density at radius 3 is 2.44 bits per heavy atom. The normalized spacial score (nSPS) is 11.3. The number of hydrogen-bond acceptors (Lipinski definition) is 6. The minimum absolute atomic E-state index is 0.403. The SMILES string of the molecule is Cn1nnc2cc(-c3noc(-c4cn(-c5ccccc5)nc4-c4ccccc4)n3)ccc21. The third kappa shape index (κ3) is 3.05. The van der Waals surface area contributed by atoms with Gasteiger partial charge in [-0.15, -0.1) is 5.10 Å². The van der Waals surface area contributed by atoms with Crippen LogP contribution in [0.3, 0.4) is 0 Å². The van der Waals surface area contributed by atoms with Crippen LogP contribution in [0.25, 0.3) is 50.8 Å². The molecule has 0 amide bonds. The van der Waals surface area contributed by atoms with E-state index in [4.69, 9.17) is 9.62 Å². The maximum Gasteiger partial charge on any atom is 0.262 e. The van der Waals surface area contributed by atoms with E-state index in [1.165, 1.54) is 0 Å². The molecule has 6 rings (SSSR count). The van der Waals surface area contributed by atoms with E-state index in [-0.39, 0.29) is 0 Å². The van der Waals surface area contributed by atoms with Gasteiger partial charge < -0.3 is 4.52 Å². The molecule has 0 atom stereocenters. The van der Waals surface area contributed by atoms with Gasteiger partial charge in [-0.25, -0.2) is 9.36 Å². The Morgan fingerprint density at radius 1 is 0.844 bits per heavy atom. The van der Waals surface area contributed by atoms with Gasteiger partial charge in [0.05, 0.1) is 16.8 Å². The number of rotatable bonds is 4. The van der Waals surface area contributed by atoms with Gasteiger partial charge in [-0.1, -0.05) is 58.9 Å². The molecule has 0 radical (unpaired) electrons. The Hall–Kier alpha value is -4.59. The van der Waals surface area contributed by atoms with E-state index in [9.17, 15) is 0 Å². The van der Waals surface area contributed by atoms with Gasteiger partial charge >= 0.3 is 0 Å². The van der Waals surface area contributed by atoms with Crippen LogP contribution in [0.5, 0.6) is 0 Å². The number of aryl methyl sites for hydroxylation is 1. The number of benzene rings is 3. The molecular weight excluding hydrogens is 402 g/mol. The summed E-state index contributed by atoms with van der Waals surface area (Å²) in [6.45, 7) is 0.